The Hall–Kier alpha value is -3.83. The van der Waals surface area contributed by atoms with Crippen LogP contribution in [0, 0.1) is 11.6 Å². The second-order valence-corrected chi connectivity index (χ2v) is 7.61. The number of hydrogen-bond acceptors (Lipinski definition) is 6. The number of aromatic nitrogens is 5. The third-order valence-corrected chi connectivity index (χ3v) is 5.56. The Labute approximate surface area is 183 Å². The number of hydrogen-bond donors (Lipinski definition) is 1. The number of phenols is 1. The molecule has 0 saturated heterocycles. The van der Waals surface area contributed by atoms with E-state index < -0.39 is 34.7 Å². The first-order chi connectivity index (χ1) is 15.6. The summed E-state index contributed by atoms with van der Waals surface area (Å²) in [5, 5.41) is 13.9. The van der Waals surface area contributed by atoms with E-state index in [9.17, 15) is 27.1 Å². The summed E-state index contributed by atoms with van der Waals surface area (Å²) < 4.78 is 69.3. The molecule has 1 aliphatic heterocycles. The molecule has 0 bridgehead atoms. The van der Waals surface area contributed by atoms with Crippen LogP contribution >= 0.6 is 0 Å². The van der Waals surface area contributed by atoms with Gasteiger partial charge in [0.1, 0.15) is 5.69 Å². The molecule has 33 heavy (non-hydrogen) atoms. The summed E-state index contributed by atoms with van der Waals surface area (Å²) in [6.45, 7) is 1.10. The number of phenolic OH excluding ortho intramolecular Hbond substituents is 1. The van der Waals surface area contributed by atoms with E-state index in [0.29, 0.717) is 19.0 Å². The van der Waals surface area contributed by atoms with E-state index >= 15 is 0 Å². The Kier molecular flexibility index (Phi) is 4.69. The predicted molar refractivity (Wildman–Crippen MR) is 107 cm³/mol. The van der Waals surface area contributed by atoms with Gasteiger partial charge in [-0.25, -0.2) is 18.4 Å². The van der Waals surface area contributed by atoms with Crippen molar-refractivity contribution in [3.8, 4) is 17.0 Å². The molecule has 4 heterocycles. The van der Waals surface area contributed by atoms with Crippen LogP contribution in [-0.2, 0) is 26.2 Å². The molecule has 7 nitrogen and oxygen atoms in total. The number of anilines is 1. The molecule has 4 aromatic rings. The van der Waals surface area contributed by atoms with Gasteiger partial charge in [0.25, 0.3) is 0 Å². The first-order valence-corrected chi connectivity index (χ1v) is 9.81. The van der Waals surface area contributed by atoms with E-state index in [1.54, 1.807) is 6.20 Å². The van der Waals surface area contributed by atoms with E-state index in [2.05, 4.69) is 20.1 Å². The first kappa shape index (κ1) is 21.0. The molecule has 12 heteroatoms. The lowest BCUT2D eigenvalue weighted by atomic mass is 10.0. The second kappa shape index (κ2) is 7.36. The van der Waals surface area contributed by atoms with Crippen molar-refractivity contribution in [2.24, 2.45) is 7.05 Å². The molecule has 3 aromatic heterocycles. The largest absolute Gasteiger partial charge is 0.503 e. The molecule has 5 rings (SSSR count). The van der Waals surface area contributed by atoms with Crippen molar-refractivity contribution in [1.29, 1.82) is 0 Å². The summed E-state index contributed by atoms with van der Waals surface area (Å²) in [5.41, 5.74) is -0.500. The smallest absolute Gasteiger partial charge is 0.419 e. The maximum atomic E-state index is 14.6. The van der Waals surface area contributed by atoms with Crippen molar-refractivity contribution in [3.63, 3.8) is 0 Å². The molecule has 1 N–H and O–H groups in total. The SMILES string of the molecule is Cn1nc(-c2cc(C(F)(F)F)c(F)c(O)c2F)c2cnc(N3CCc4cccnc4C3)nc21. The number of rotatable bonds is 2. The Morgan fingerprint density at radius 3 is 2.67 bits per heavy atom. The first-order valence-electron chi connectivity index (χ1n) is 9.81. The van der Waals surface area contributed by atoms with Gasteiger partial charge in [-0.3, -0.25) is 4.98 Å². The van der Waals surface area contributed by atoms with E-state index in [1.165, 1.54) is 17.9 Å². The summed E-state index contributed by atoms with van der Waals surface area (Å²) >= 11 is 0. The van der Waals surface area contributed by atoms with Crippen molar-refractivity contribution in [2.45, 2.75) is 19.1 Å². The number of aryl methyl sites for hydroxylation is 1. The van der Waals surface area contributed by atoms with Gasteiger partial charge in [-0.05, 0) is 24.1 Å². The topological polar surface area (TPSA) is 80.0 Å². The fourth-order valence-electron chi connectivity index (χ4n) is 3.91. The minimum atomic E-state index is -5.14. The van der Waals surface area contributed by atoms with Crippen molar-refractivity contribution in [2.75, 3.05) is 11.4 Å². The van der Waals surface area contributed by atoms with Crippen LogP contribution in [0.2, 0.25) is 0 Å². The van der Waals surface area contributed by atoms with Gasteiger partial charge in [-0.2, -0.15) is 23.3 Å². The molecular weight excluding hydrogens is 447 g/mol. The Balaban J connectivity index is 1.60. The minimum Gasteiger partial charge on any atom is -0.503 e. The average molecular weight is 462 g/mol. The summed E-state index contributed by atoms with van der Waals surface area (Å²) in [4.78, 5) is 15.0. The number of nitrogens with zero attached hydrogens (tertiary/aromatic N) is 6. The molecule has 0 aliphatic carbocycles. The highest BCUT2D eigenvalue weighted by atomic mass is 19.4. The highest BCUT2D eigenvalue weighted by molar-refractivity contribution is 5.91. The quantitative estimate of drug-likeness (QED) is 0.454. The highest BCUT2D eigenvalue weighted by Gasteiger charge is 2.38. The zero-order valence-electron chi connectivity index (χ0n) is 17.0. The number of halogens is 5. The van der Waals surface area contributed by atoms with Crippen LogP contribution in [0.15, 0.2) is 30.6 Å². The number of pyridine rings is 1. The van der Waals surface area contributed by atoms with Gasteiger partial charge < -0.3 is 10.0 Å². The van der Waals surface area contributed by atoms with Gasteiger partial charge in [-0.15, -0.1) is 0 Å². The van der Waals surface area contributed by atoms with E-state index in [1.807, 2.05) is 17.0 Å². The molecule has 0 unspecified atom stereocenters. The van der Waals surface area contributed by atoms with Crippen LogP contribution in [-0.4, -0.2) is 36.4 Å². The monoisotopic (exact) mass is 462 g/mol. The van der Waals surface area contributed by atoms with Crippen molar-refractivity contribution < 1.29 is 27.1 Å². The van der Waals surface area contributed by atoms with Gasteiger partial charge in [-0.1, -0.05) is 6.07 Å². The van der Waals surface area contributed by atoms with Gasteiger partial charge in [0.05, 0.1) is 23.2 Å². The van der Waals surface area contributed by atoms with Gasteiger partial charge >= 0.3 is 6.18 Å². The van der Waals surface area contributed by atoms with Crippen LogP contribution in [0.1, 0.15) is 16.8 Å². The molecule has 0 amide bonds. The van der Waals surface area contributed by atoms with E-state index in [0.717, 1.165) is 17.7 Å². The number of alkyl halides is 3. The van der Waals surface area contributed by atoms with Crippen molar-refractivity contribution in [3.05, 3.63) is 59.0 Å². The maximum Gasteiger partial charge on any atom is 0.419 e. The zero-order valence-corrected chi connectivity index (χ0v) is 17.0. The highest BCUT2D eigenvalue weighted by Crippen LogP contribution is 2.41. The van der Waals surface area contributed by atoms with Gasteiger partial charge in [0, 0.05) is 31.5 Å². The fourth-order valence-corrected chi connectivity index (χ4v) is 3.91. The number of fused-ring (bicyclic) bond motifs is 2. The summed E-state index contributed by atoms with van der Waals surface area (Å²) in [7, 11) is 1.49. The Morgan fingerprint density at radius 2 is 1.91 bits per heavy atom. The van der Waals surface area contributed by atoms with Gasteiger partial charge in [0.15, 0.2) is 23.0 Å². The predicted octanol–water partition coefficient (Wildman–Crippen LogP) is 3.99. The summed E-state index contributed by atoms with van der Waals surface area (Å²) in [5.74, 6) is -5.01. The molecule has 0 saturated carbocycles. The third kappa shape index (κ3) is 3.41. The summed E-state index contributed by atoms with van der Waals surface area (Å²) in [6, 6.07) is 4.15. The van der Waals surface area contributed by atoms with Crippen LogP contribution in [0.4, 0.5) is 27.9 Å². The van der Waals surface area contributed by atoms with Crippen LogP contribution in [0.3, 0.4) is 0 Å². The van der Waals surface area contributed by atoms with Crippen LogP contribution in [0.25, 0.3) is 22.3 Å². The molecule has 170 valence electrons. The normalized spacial score (nSPS) is 14.1. The third-order valence-electron chi connectivity index (χ3n) is 5.56. The average Bonchev–Trinajstić information content (AvgIpc) is 3.12. The maximum absolute atomic E-state index is 14.6. The minimum absolute atomic E-state index is 0.148. The lowest BCUT2D eigenvalue weighted by Crippen LogP contribution is -2.32. The molecule has 1 aliphatic rings. The van der Waals surface area contributed by atoms with Crippen molar-refractivity contribution >= 4 is 17.0 Å². The molecule has 0 spiro atoms. The van der Waals surface area contributed by atoms with Crippen LogP contribution < -0.4 is 4.90 Å². The number of benzene rings is 1. The van der Waals surface area contributed by atoms with Crippen LogP contribution in [0.5, 0.6) is 5.75 Å². The molecular formula is C21H15F5N6O. The standard InChI is InChI=1S/C21H15F5N6O/c1-31-19-12(8-28-20(29-19)32-6-4-10-3-2-5-27-14(10)9-32)17(30-31)11-7-13(21(24,25)26)16(23)18(33)15(11)22/h2-3,5,7-8,33H,4,6,9H2,1H3. The Bertz CT molecular complexity index is 1400. The molecule has 0 fully saturated rings. The van der Waals surface area contributed by atoms with Crippen molar-refractivity contribution in [1.82, 2.24) is 24.7 Å². The lowest BCUT2D eigenvalue weighted by molar-refractivity contribution is -0.140. The summed E-state index contributed by atoms with van der Waals surface area (Å²) in [6.07, 6.45) is -1.39. The number of aromatic hydroxyl groups is 1. The lowest BCUT2D eigenvalue weighted by Gasteiger charge is -2.27. The second-order valence-electron chi connectivity index (χ2n) is 7.61. The van der Waals surface area contributed by atoms with E-state index in [4.69, 9.17) is 0 Å². The van der Waals surface area contributed by atoms with Gasteiger partial charge in [0.2, 0.25) is 5.95 Å². The molecule has 0 atom stereocenters. The fraction of sp³-hybridized carbons (Fsp3) is 0.238. The molecule has 0 radical (unpaired) electrons. The zero-order chi connectivity index (χ0) is 23.5. The van der Waals surface area contributed by atoms with E-state index in [-0.39, 0.29) is 22.8 Å². The molecule has 1 aromatic carbocycles. The Morgan fingerprint density at radius 1 is 1.12 bits per heavy atom.